The Kier molecular flexibility index (Phi) is 5.57. The number of amides is 1. The Bertz CT molecular complexity index is 598. The van der Waals surface area contributed by atoms with Gasteiger partial charge in [-0.3, -0.25) is 4.79 Å². The van der Waals surface area contributed by atoms with Gasteiger partial charge in [0, 0.05) is 5.38 Å². The summed E-state index contributed by atoms with van der Waals surface area (Å²) in [4.78, 5) is 16.0. The predicted octanol–water partition coefficient (Wildman–Crippen LogP) is 2.55. The van der Waals surface area contributed by atoms with Crippen molar-refractivity contribution < 1.29 is 14.3 Å². The normalized spacial score (nSPS) is 10.2. The fourth-order valence-electron chi connectivity index (χ4n) is 1.72. The highest BCUT2D eigenvalue weighted by Gasteiger charge is 2.07. The number of aromatic nitrogens is 1. The molecule has 0 atom stereocenters. The maximum absolute atomic E-state index is 11.8. The number of benzene rings is 1. The van der Waals surface area contributed by atoms with E-state index in [2.05, 4.69) is 10.3 Å². The molecule has 5 nitrogen and oxygen atoms in total. The average Bonchev–Trinajstić information content (AvgIpc) is 2.90. The number of carbonyl (C=O) groups excluding carboxylic acids is 1. The first-order chi connectivity index (χ1) is 10.2. The van der Waals surface area contributed by atoms with Gasteiger partial charge in [-0.1, -0.05) is 12.1 Å². The third kappa shape index (κ3) is 4.75. The fraction of sp³-hybridized carbons (Fsp3) is 0.333. The predicted molar refractivity (Wildman–Crippen MR) is 81.8 cm³/mol. The smallest absolute Gasteiger partial charge is 0.258 e. The van der Waals surface area contributed by atoms with E-state index < -0.39 is 0 Å². The maximum Gasteiger partial charge on any atom is 0.258 e. The number of hydrogen-bond donors (Lipinski definition) is 1. The first-order valence-electron chi connectivity index (χ1n) is 6.71. The van der Waals surface area contributed by atoms with Crippen molar-refractivity contribution >= 4 is 17.2 Å². The lowest BCUT2D eigenvalue weighted by Crippen LogP contribution is -2.28. The van der Waals surface area contributed by atoms with E-state index in [9.17, 15) is 4.79 Å². The van der Waals surface area contributed by atoms with E-state index in [0.29, 0.717) is 24.7 Å². The molecule has 112 valence electrons. The van der Waals surface area contributed by atoms with Gasteiger partial charge in [-0.25, -0.2) is 4.98 Å². The van der Waals surface area contributed by atoms with E-state index >= 15 is 0 Å². The first-order valence-corrected chi connectivity index (χ1v) is 7.59. The molecule has 2 aromatic rings. The van der Waals surface area contributed by atoms with Gasteiger partial charge in [0.1, 0.15) is 0 Å². The van der Waals surface area contributed by atoms with Crippen LogP contribution in [0.4, 0.5) is 0 Å². The second-order valence-corrected chi connectivity index (χ2v) is 5.37. The summed E-state index contributed by atoms with van der Waals surface area (Å²) in [6, 6.07) is 7.30. The summed E-state index contributed by atoms with van der Waals surface area (Å²) in [5.41, 5.74) is 0.862. The molecule has 0 aliphatic heterocycles. The molecule has 21 heavy (non-hydrogen) atoms. The quantitative estimate of drug-likeness (QED) is 0.854. The Labute approximate surface area is 127 Å². The second kappa shape index (κ2) is 7.64. The number of thiazole rings is 1. The van der Waals surface area contributed by atoms with Crippen molar-refractivity contribution in [2.45, 2.75) is 20.4 Å². The zero-order valence-corrected chi connectivity index (χ0v) is 12.9. The Hall–Kier alpha value is -2.08. The van der Waals surface area contributed by atoms with Gasteiger partial charge in [0.25, 0.3) is 5.91 Å². The molecular formula is C15H18N2O3S. The van der Waals surface area contributed by atoms with E-state index in [1.165, 1.54) is 0 Å². The van der Waals surface area contributed by atoms with Crippen LogP contribution in [0.3, 0.4) is 0 Å². The molecule has 0 aliphatic rings. The average molecular weight is 306 g/mol. The van der Waals surface area contributed by atoms with Crippen LogP contribution in [0.25, 0.3) is 0 Å². The molecule has 0 saturated carbocycles. The van der Waals surface area contributed by atoms with E-state index in [-0.39, 0.29) is 12.5 Å². The van der Waals surface area contributed by atoms with Gasteiger partial charge < -0.3 is 14.8 Å². The van der Waals surface area contributed by atoms with Crippen LogP contribution in [0, 0.1) is 6.92 Å². The highest BCUT2D eigenvalue weighted by molar-refractivity contribution is 7.09. The Balaban J connectivity index is 1.81. The van der Waals surface area contributed by atoms with Crippen molar-refractivity contribution in [1.82, 2.24) is 10.3 Å². The molecule has 0 bridgehead atoms. The molecule has 1 amide bonds. The van der Waals surface area contributed by atoms with Crippen LogP contribution in [-0.2, 0) is 11.3 Å². The molecule has 0 saturated heterocycles. The van der Waals surface area contributed by atoms with Crippen LogP contribution < -0.4 is 14.8 Å². The highest BCUT2D eigenvalue weighted by atomic mass is 32.1. The van der Waals surface area contributed by atoms with Gasteiger partial charge in [0.05, 0.1) is 23.9 Å². The maximum atomic E-state index is 11.8. The Morgan fingerprint density at radius 1 is 1.29 bits per heavy atom. The van der Waals surface area contributed by atoms with Crippen molar-refractivity contribution in [1.29, 1.82) is 0 Å². The van der Waals surface area contributed by atoms with Crippen LogP contribution >= 0.6 is 11.3 Å². The van der Waals surface area contributed by atoms with Crippen LogP contribution in [-0.4, -0.2) is 24.1 Å². The summed E-state index contributed by atoms with van der Waals surface area (Å²) in [7, 11) is 0. The van der Waals surface area contributed by atoms with E-state index in [4.69, 9.17) is 9.47 Å². The monoisotopic (exact) mass is 306 g/mol. The molecule has 0 unspecified atom stereocenters. The number of para-hydroxylation sites is 2. The third-order valence-corrected chi connectivity index (χ3v) is 3.46. The third-order valence-electron chi connectivity index (χ3n) is 2.64. The van der Waals surface area contributed by atoms with Crippen molar-refractivity contribution in [3.63, 3.8) is 0 Å². The van der Waals surface area contributed by atoms with Gasteiger partial charge >= 0.3 is 0 Å². The summed E-state index contributed by atoms with van der Waals surface area (Å²) in [6.45, 7) is 4.76. The van der Waals surface area contributed by atoms with E-state index in [1.807, 2.05) is 37.4 Å². The van der Waals surface area contributed by atoms with Gasteiger partial charge in [-0.05, 0) is 26.0 Å². The van der Waals surface area contributed by atoms with Crippen LogP contribution in [0.2, 0.25) is 0 Å². The molecule has 0 spiro atoms. The van der Waals surface area contributed by atoms with E-state index in [0.717, 1.165) is 10.7 Å². The van der Waals surface area contributed by atoms with Crippen molar-refractivity contribution in [3.8, 4) is 11.5 Å². The van der Waals surface area contributed by atoms with Gasteiger partial charge in [0.2, 0.25) is 0 Å². The van der Waals surface area contributed by atoms with Crippen molar-refractivity contribution in [2.75, 3.05) is 13.2 Å². The number of hydrogen-bond acceptors (Lipinski definition) is 5. The van der Waals surface area contributed by atoms with Crippen molar-refractivity contribution in [3.05, 3.63) is 40.3 Å². The fourth-order valence-corrected chi connectivity index (χ4v) is 2.33. The molecule has 6 heteroatoms. The lowest BCUT2D eigenvalue weighted by Gasteiger charge is -2.11. The number of ether oxygens (including phenoxy) is 2. The lowest BCUT2D eigenvalue weighted by atomic mass is 10.3. The van der Waals surface area contributed by atoms with E-state index in [1.54, 1.807) is 17.4 Å². The molecule has 1 aromatic carbocycles. The number of nitrogens with zero attached hydrogens (tertiary/aromatic N) is 1. The second-order valence-electron chi connectivity index (χ2n) is 4.30. The number of carbonyl (C=O) groups is 1. The summed E-state index contributed by atoms with van der Waals surface area (Å²) in [6.07, 6.45) is 0. The largest absolute Gasteiger partial charge is 0.490 e. The lowest BCUT2D eigenvalue weighted by molar-refractivity contribution is -0.123. The minimum atomic E-state index is -0.188. The molecule has 2 rings (SSSR count). The zero-order chi connectivity index (χ0) is 15.1. The molecule has 1 N–H and O–H groups in total. The highest BCUT2D eigenvalue weighted by Crippen LogP contribution is 2.26. The Morgan fingerprint density at radius 2 is 2.00 bits per heavy atom. The zero-order valence-electron chi connectivity index (χ0n) is 12.1. The van der Waals surface area contributed by atoms with Crippen molar-refractivity contribution in [2.24, 2.45) is 0 Å². The molecular weight excluding hydrogens is 288 g/mol. The van der Waals surface area contributed by atoms with Crippen LogP contribution in [0.1, 0.15) is 17.6 Å². The first kappa shape index (κ1) is 15.3. The molecule has 0 fully saturated rings. The number of rotatable bonds is 7. The van der Waals surface area contributed by atoms with Gasteiger partial charge in [-0.15, -0.1) is 11.3 Å². The SMILES string of the molecule is CCOc1ccccc1OCC(=O)NCc1csc(C)n1. The molecule has 1 aromatic heterocycles. The van der Waals surface area contributed by atoms with Crippen LogP contribution in [0.15, 0.2) is 29.6 Å². The summed E-state index contributed by atoms with van der Waals surface area (Å²) in [5, 5.41) is 5.69. The summed E-state index contributed by atoms with van der Waals surface area (Å²) >= 11 is 1.56. The standard InChI is InChI=1S/C15H18N2O3S/c1-3-19-13-6-4-5-7-14(13)20-9-15(18)16-8-12-10-21-11(2)17-12/h4-7,10H,3,8-9H2,1-2H3,(H,16,18). The minimum absolute atomic E-state index is 0.0484. The number of aryl methyl sites for hydroxylation is 1. The minimum Gasteiger partial charge on any atom is -0.490 e. The van der Waals surface area contributed by atoms with Gasteiger partial charge in [-0.2, -0.15) is 0 Å². The van der Waals surface area contributed by atoms with Crippen LogP contribution in [0.5, 0.6) is 11.5 Å². The molecule has 0 aliphatic carbocycles. The summed E-state index contributed by atoms with van der Waals surface area (Å²) < 4.78 is 10.9. The molecule has 1 heterocycles. The Morgan fingerprint density at radius 3 is 2.62 bits per heavy atom. The topological polar surface area (TPSA) is 60.5 Å². The molecule has 0 radical (unpaired) electrons. The van der Waals surface area contributed by atoms with Gasteiger partial charge in [0.15, 0.2) is 18.1 Å². The summed E-state index contributed by atoms with van der Waals surface area (Å²) in [5.74, 6) is 1.02. The number of nitrogens with one attached hydrogen (secondary N) is 1.